The lowest BCUT2D eigenvalue weighted by Gasteiger charge is -2.13. The summed E-state index contributed by atoms with van der Waals surface area (Å²) < 4.78 is 11.1. The summed E-state index contributed by atoms with van der Waals surface area (Å²) in [6.45, 7) is 3.18. The molecule has 0 unspecified atom stereocenters. The maximum Gasteiger partial charge on any atom is 0.277 e. The standard InChI is InChI=1S/C17H21N3O3S/c1-12(16(21)18-11-14-8-5-9-22-14)24-17-20-19-15(23-17)10-13-6-3-2-4-7-13/h2-4,6-7,12,14H,5,8-11H2,1H3,(H,18,21)/t12-,14+/m0/s1. The van der Waals surface area contributed by atoms with Gasteiger partial charge < -0.3 is 14.5 Å². The topological polar surface area (TPSA) is 77.2 Å². The highest BCUT2D eigenvalue weighted by Gasteiger charge is 2.21. The van der Waals surface area contributed by atoms with Gasteiger partial charge in [-0.25, -0.2) is 0 Å². The Bertz CT molecular complexity index is 656. The van der Waals surface area contributed by atoms with E-state index in [2.05, 4.69) is 15.5 Å². The third kappa shape index (κ3) is 4.82. The summed E-state index contributed by atoms with van der Waals surface area (Å²) in [6, 6.07) is 9.94. The van der Waals surface area contributed by atoms with Crippen molar-refractivity contribution in [2.75, 3.05) is 13.2 Å². The van der Waals surface area contributed by atoms with Crippen molar-refractivity contribution in [2.24, 2.45) is 0 Å². The zero-order valence-corrected chi connectivity index (χ0v) is 14.4. The maximum absolute atomic E-state index is 12.1. The number of ether oxygens (including phenoxy) is 1. The number of nitrogens with zero attached hydrogens (tertiary/aromatic N) is 2. The van der Waals surface area contributed by atoms with Crippen molar-refractivity contribution >= 4 is 17.7 Å². The van der Waals surface area contributed by atoms with Gasteiger partial charge in [-0.2, -0.15) is 0 Å². The molecule has 1 aromatic heterocycles. The summed E-state index contributed by atoms with van der Waals surface area (Å²) >= 11 is 1.27. The quantitative estimate of drug-likeness (QED) is 0.775. The summed E-state index contributed by atoms with van der Waals surface area (Å²) in [4.78, 5) is 12.1. The van der Waals surface area contributed by atoms with Crippen LogP contribution in [0.3, 0.4) is 0 Å². The predicted molar refractivity (Wildman–Crippen MR) is 90.8 cm³/mol. The van der Waals surface area contributed by atoms with Gasteiger partial charge in [0.2, 0.25) is 11.8 Å². The fourth-order valence-corrected chi connectivity index (χ4v) is 3.22. The molecule has 1 aliphatic heterocycles. The van der Waals surface area contributed by atoms with Crippen molar-refractivity contribution in [1.29, 1.82) is 0 Å². The van der Waals surface area contributed by atoms with E-state index in [1.165, 1.54) is 11.8 Å². The number of carbonyl (C=O) groups is 1. The monoisotopic (exact) mass is 347 g/mol. The van der Waals surface area contributed by atoms with Gasteiger partial charge in [0, 0.05) is 13.2 Å². The van der Waals surface area contributed by atoms with Gasteiger partial charge in [0.15, 0.2) is 0 Å². The Morgan fingerprint density at radius 1 is 1.38 bits per heavy atom. The average molecular weight is 347 g/mol. The molecule has 1 N–H and O–H groups in total. The van der Waals surface area contributed by atoms with Gasteiger partial charge >= 0.3 is 0 Å². The first-order valence-electron chi connectivity index (χ1n) is 8.13. The smallest absolute Gasteiger partial charge is 0.277 e. The van der Waals surface area contributed by atoms with Crippen molar-refractivity contribution < 1.29 is 13.9 Å². The van der Waals surface area contributed by atoms with Crippen LogP contribution in [0.25, 0.3) is 0 Å². The molecule has 24 heavy (non-hydrogen) atoms. The SMILES string of the molecule is C[C@H](Sc1nnc(Cc2ccccc2)o1)C(=O)NC[C@H]1CCCO1. The highest BCUT2D eigenvalue weighted by atomic mass is 32.2. The van der Waals surface area contributed by atoms with Gasteiger partial charge in [0.25, 0.3) is 5.22 Å². The Labute approximate surface area is 145 Å². The molecule has 0 aliphatic carbocycles. The van der Waals surface area contributed by atoms with Crippen molar-refractivity contribution in [3.8, 4) is 0 Å². The average Bonchev–Trinajstić information content (AvgIpc) is 3.25. The van der Waals surface area contributed by atoms with E-state index in [1.807, 2.05) is 37.3 Å². The molecular formula is C17H21N3O3S. The molecule has 1 aromatic carbocycles. The molecule has 1 amide bonds. The first-order valence-corrected chi connectivity index (χ1v) is 9.01. The van der Waals surface area contributed by atoms with E-state index in [-0.39, 0.29) is 17.3 Å². The molecule has 1 fully saturated rings. The van der Waals surface area contributed by atoms with Crippen LogP contribution in [0.5, 0.6) is 0 Å². The van der Waals surface area contributed by atoms with E-state index in [4.69, 9.17) is 9.15 Å². The van der Waals surface area contributed by atoms with Gasteiger partial charge in [0.05, 0.1) is 17.8 Å². The van der Waals surface area contributed by atoms with Crippen LogP contribution in [-0.4, -0.2) is 40.6 Å². The van der Waals surface area contributed by atoms with E-state index in [9.17, 15) is 4.79 Å². The number of hydrogen-bond donors (Lipinski definition) is 1. The van der Waals surface area contributed by atoms with Gasteiger partial charge in [-0.05, 0) is 25.3 Å². The molecule has 0 bridgehead atoms. The van der Waals surface area contributed by atoms with Crippen LogP contribution in [0.4, 0.5) is 0 Å². The number of thioether (sulfide) groups is 1. The number of amides is 1. The molecular weight excluding hydrogens is 326 g/mol. The van der Waals surface area contributed by atoms with E-state index in [0.717, 1.165) is 25.0 Å². The molecule has 3 rings (SSSR count). The summed E-state index contributed by atoms with van der Waals surface area (Å²) in [7, 11) is 0. The number of rotatable bonds is 7. The Hall–Kier alpha value is -1.86. The summed E-state index contributed by atoms with van der Waals surface area (Å²) in [5.41, 5.74) is 1.11. The van der Waals surface area contributed by atoms with E-state index < -0.39 is 0 Å². The Morgan fingerprint density at radius 2 is 2.21 bits per heavy atom. The molecule has 1 saturated heterocycles. The molecule has 0 spiro atoms. The van der Waals surface area contributed by atoms with Crippen LogP contribution >= 0.6 is 11.8 Å². The molecule has 0 saturated carbocycles. The summed E-state index contributed by atoms with van der Waals surface area (Å²) in [6.07, 6.45) is 2.81. The Morgan fingerprint density at radius 3 is 2.96 bits per heavy atom. The molecule has 128 valence electrons. The minimum Gasteiger partial charge on any atom is -0.416 e. The van der Waals surface area contributed by atoms with E-state index in [1.54, 1.807) is 0 Å². The molecule has 2 atom stereocenters. The van der Waals surface area contributed by atoms with E-state index in [0.29, 0.717) is 24.1 Å². The third-order valence-electron chi connectivity index (χ3n) is 3.82. The molecule has 6 nitrogen and oxygen atoms in total. The summed E-state index contributed by atoms with van der Waals surface area (Å²) in [5.74, 6) is 0.508. The van der Waals surface area contributed by atoms with Gasteiger partial charge in [-0.1, -0.05) is 42.1 Å². The highest BCUT2D eigenvalue weighted by molar-refractivity contribution is 8.00. The van der Waals surface area contributed by atoms with Crippen LogP contribution in [0.1, 0.15) is 31.2 Å². The molecule has 1 aliphatic rings. The lowest BCUT2D eigenvalue weighted by Crippen LogP contribution is -2.36. The normalized spacial score (nSPS) is 18.5. The number of hydrogen-bond acceptors (Lipinski definition) is 6. The molecule has 0 radical (unpaired) electrons. The second-order valence-electron chi connectivity index (χ2n) is 5.76. The first kappa shape index (κ1) is 17.0. The van der Waals surface area contributed by atoms with Crippen LogP contribution in [0.15, 0.2) is 40.0 Å². The van der Waals surface area contributed by atoms with Gasteiger partial charge in [-0.15, -0.1) is 10.2 Å². The lowest BCUT2D eigenvalue weighted by molar-refractivity contribution is -0.120. The first-order chi connectivity index (χ1) is 11.7. The fraction of sp³-hybridized carbons (Fsp3) is 0.471. The minimum absolute atomic E-state index is 0.0432. The predicted octanol–water partition coefficient (Wildman–Crippen LogP) is 2.44. The Balaban J connectivity index is 1.47. The van der Waals surface area contributed by atoms with E-state index >= 15 is 0 Å². The van der Waals surface area contributed by atoms with Crippen molar-refractivity contribution in [1.82, 2.24) is 15.5 Å². The van der Waals surface area contributed by atoms with Crippen molar-refractivity contribution in [3.63, 3.8) is 0 Å². The Kier molecular flexibility index (Phi) is 5.87. The van der Waals surface area contributed by atoms with Crippen molar-refractivity contribution in [2.45, 2.75) is 42.8 Å². The second kappa shape index (κ2) is 8.30. The van der Waals surface area contributed by atoms with Crippen LogP contribution in [0.2, 0.25) is 0 Å². The lowest BCUT2D eigenvalue weighted by atomic mass is 10.2. The number of nitrogens with one attached hydrogen (secondary N) is 1. The zero-order valence-electron chi connectivity index (χ0n) is 13.6. The molecule has 7 heteroatoms. The fourth-order valence-electron chi connectivity index (χ4n) is 2.50. The summed E-state index contributed by atoms with van der Waals surface area (Å²) in [5, 5.41) is 11.1. The van der Waals surface area contributed by atoms with Crippen molar-refractivity contribution in [3.05, 3.63) is 41.8 Å². The van der Waals surface area contributed by atoms with Crippen LogP contribution in [-0.2, 0) is 16.0 Å². The van der Waals surface area contributed by atoms with Crippen LogP contribution in [0, 0.1) is 0 Å². The number of benzene rings is 1. The van der Waals surface area contributed by atoms with Gasteiger partial charge in [0.1, 0.15) is 0 Å². The highest BCUT2D eigenvalue weighted by Crippen LogP contribution is 2.23. The molecule has 2 heterocycles. The zero-order chi connectivity index (χ0) is 16.8. The maximum atomic E-state index is 12.1. The number of aromatic nitrogens is 2. The third-order valence-corrected chi connectivity index (χ3v) is 4.76. The largest absolute Gasteiger partial charge is 0.416 e. The minimum atomic E-state index is -0.295. The van der Waals surface area contributed by atoms with Gasteiger partial charge in [-0.3, -0.25) is 4.79 Å². The second-order valence-corrected chi connectivity index (χ2v) is 7.06. The number of carbonyl (C=O) groups excluding carboxylic acids is 1. The molecule has 2 aromatic rings. The van der Waals surface area contributed by atoms with Crippen LogP contribution < -0.4 is 5.32 Å².